The maximum atomic E-state index is 12.0. The largest absolute Gasteiger partial charge is 0.326 e. The molecular weight excluding hydrogens is 312 g/mol. The molecule has 3 rings (SSSR count). The van der Waals surface area contributed by atoms with Crippen molar-refractivity contribution in [2.75, 3.05) is 5.32 Å². The molecule has 2 aromatic carbocycles. The molecule has 6 heteroatoms. The number of hydrogen-bond acceptors (Lipinski definition) is 3. The Morgan fingerprint density at radius 3 is 2.70 bits per heavy atom. The van der Waals surface area contributed by atoms with Crippen molar-refractivity contribution in [1.82, 2.24) is 14.8 Å². The van der Waals surface area contributed by atoms with Gasteiger partial charge in [-0.3, -0.25) is 4.79 Å². The average Bonchev–Trinajstić information content (AvgIpc) is 3.08. The lowest BCUT2D eigenvalue weighted by Crippen LogP contribution is -2.12. The average molecular weight is 327 g/mol. The Hall–Kier alpha value is -2.66. The minimum Gasteiger partial charge on any atom is -0.326 e. The molecule has 0 unspecified atom stereocenters. The van der Waals surface area contributed by atoms with Crippen LogP contribution in [0.1, 0.15) is 12.0 Å². The van der Waals surface area contributed by atoms with Crippen LogP contribution in [-0.4, -0.2) is 20.7 Å². The highest BCUT2D eigenvalue weighted by Gasteiger charge is 2.04. The summed E-state index contributed by atoms with van der Waals surface area (Å²) in [4.78, 5) is 15.9. The molecular formula is C17H15ClN4O. The third-order valence-corrected chi connectivity index (χ3v) is 3.60. The van der Waals surface area contributed by atoms with Gasteiger partial charge in [-0.25, -0.2) is 9.67 Å². The zero-order valence-electron chi connectivity index (χ0n) is 12.3. The lowest BCUT2D eigenvalue weighted by Gasteiger charge is -2.07. The summed E-state index contributed by atoms with van der Waals surface area (Å²) >= 11 is 5.93. The van der Waals surface area contributed by atoms with Crippen LogP contribution in [0.5, 0.6) is 0 Å². The molecule has 0 saturated carbocycles. The van der Waals surface area contributed by atoms with Gasteiger partial charge in [-0.15, -0.1) is 0 Å². The number of carbonyl (C=O) groups is 1. The van der Waals surface area contributed by atoms with Gasteiger partial charge in [0, 0.05) is 17.1 Å². The molecule has 1 N–H and O–H groups in total. The fourth-order valence-corrected chi connectivity index (χ4v) is 2.43. The van der Waals surface area contributed by atoms with Crippen molar-refractivity contribution in [2.24, 2.45) is 0 Å². The van der Waals surface area contributed by atoms with Crippen LogP contribution in [0.15, 0.2) is 61.2 Å². The Morgan fingerprint density at radius 2 is 2.00 bits per heavy atom. The number of aryl methyl sites for hydroxylation is 1. The van der Waals surface area contributed by atoms with Gasteiger partial charge in [0.2, 0.25) is 5.91 Å². The molecule has 1 heterocycles. The summed E-state index contributed by atoms with van der Waals surface area (Å²) in [6.07, 6.45) is 4.17. The van der Waals surface area contributed by atoms with Crippen LogP contribution in [0.4, 0.5) is 5.69 Å². The monoisotopic (exact) mass is 326 g/mol. The Morgan fingerprint density at radius 1 is 1.17 bits per heavy atom. The van der Waals surface area contributed by atoms with E-state index in [0.29, 0.717) is 17.9 Å². The van der Waals surface area contributed by atoms with E-state index >= 15 is 0 Å². The molecule has 0 radical (unpaired) electrons. The van der Waals surface area contributed by atoms with E-state index in [4.69, 9.17) is 11.6 Å². The number of carbonyl (C=O) groups excluding carboxylic acids is 1. The Balaban J connectivity index is 1.55. The molecule has 5 nitrogen and oxygen atoms in total. The summed E-state index contributed by atoms with van der Waals surface area (Å²) in [5, 5.41) is 7.62. The van der Waals surface area contributed by atoms with Crippen LogP contribution in [0.25, 0.3) is 5.69 Å². The summed E-state index contributed by atoms with van der Waals surface area (Å²) in [6.45, 7) is 0. The molecule has 0 aliphatic carbocycles. The predicted molar refractivity (Wildman–Crippen MR) is 89.8 cm³/mol. The standard InChI is InChI=1S/C17H15ClN4O/c18-14-3-1-2-13(10-14)4-9-17(23)21-15-5-7-16(8-6-15)22-12-19-11-20-22/h1-3,5-8,10-12H,4,9H2,(H,21,23). The summed E-state index contributed by atoms with van der Waals surface area (Å²) in [7, 11) is 0. The number of anilines is 1. The molecule has 116 valence electrons. The van der Waals surface area contributed by atoms with Crippen molar-refractivity contribution in [3.8, 4) is 5.69 Å². The first-order valence-corrected chi connectivity index (χ1v) is 7.58. The van der Waals surface area contributed by atoms with Gasteiger partial charge in [-0.05, 0) is 48.4 Å². The molecule has 0 spiro atoms. The van der Waals surface area contributed by atoms with E-state index in [0.717, 1.165) is 16.9 Å². The summed E-state index contributed by atoms with van der Waals surface area (Å²) in [6, 6.07) is 15.0. The maximum absolute atomic E-state index is 12.0. The number of amides is 1. The van der Waals surface area contributed by atoms with Gasteiger partial charge in [0.25, 0.3) is 0 Å². The van der Waals surface area contributed by atoms with E-state index in [9.17, 15) is 4.79 Å². The zero-order chi connectivity index (χ0) is 16.1. The molecule has 0 saturated heterocycles. The van der Waals surface area contributed by atoms with E-state index in [1.165, 1.54) is 6.33 Å². The highest BCUT2D eigenvalue weighted by atomic mass is 35.5. The van der Waals surface area contributed by atoms with Crippen molar-refractivity contribution in [3.63, 3.8) is 0 Å². The number of hydrogen-bond donors (Lipinski definition) is 1. The second-order valence-corrected chi connectivity index (χ2v) is 5.50. The van der Waals surface area contributed by atoms with Crippen molar-refractivity contribution >= 4 is 23.2 Å². The van der Waals surface area contributed by atoms with Gasteiger partial charge in [0.15, 0.2) is 0 Å². The van der Waals surface area contributed by atoms with Crippen LogP contribution in [0, 0.1) is 0 Å². The predicted octanol–water partition coefficient (Wildman–Crippen LogP) is 3.49. The Bertz CT molecular complexity index is 785. The van der Waals surface area contributed by atoms with Crippen LogP contribution >= 0.6 is 11.6 Å². The maximum Gasteiger partial charge on any atom is 0.224 e. The fraction of sp³-hybridized carbons (Fsp3) is 0.118. The van der Waals surface area contributed by atoms with Gasteiger partial charge >= 0.3 is 0 Å². The molecule has 3 aromatic rings. The quantitative estimate of drug-likeness (QED) is 0.780. The third-order valence-electron chi connectivity index (χ3n) is 3.36. The fourth-order valence-electron chi connectivity index (χ4n) is 2.21. The molecule has 1 amide bonds. The third kappa shape index (κ3) is 4.17. The van der Waals surface area contributed by atoms with Gasteiger partial charge in [-0.1, -0.05) is 23.7 Å². The second kappa shape index (κ2) is 7.07. The highest BCUT2D eigenvalue weighted by molar-refractivity contribution is 6.30. The first kappa shape index (κ1) is 15.2. The minimum absolute atomic E-state index is 0.0292. The smallest absolute Gasteiger partial charge is 0.224 e. The molecule has 0 fully saturated rings. The van der Waals surface area contributed by atoms with Crippen LogP contribution < -0.4 is 5.32 Å². The molecule has 0 atom stereocenters. The topological polar surface area (TPSA) is 59.8 Å². The van der Waals surface area contributed by atoms with Crippen molar-refractivity contribution in [1.29, 1.82) is 0 Å². The molecule has 1 aromatic heterocycles. The number of benzene rings is 2. The lowest BCUT2D eigenvalue weighted by molar-refractivity contribution is -0.116. The normalized spacial score (nSPS) is 10.5. The van der Waals surface area contributed by atoms with E-state index in [-0.39, 0.29) is 5.91 Å². The molecule has 0 bridgehead atoms. The van der Waals surface area contributed by atoms with Crippen LogP contribution in [0.3, 0.4) is 0 Å². The lowest BCUT2D eigenvalue weighted by atomic mass is 10.1. The van der Waals surface area contributed by atoms with Crippen molar-refractivity contribution in [3.05, 3.63) is 71.8 Å². The zero-order valence-corrected chi connectivity index (χ0v) is 13.1. The number of nitrogens with one attached hydrogen (secondary N) is 1. The second-order valence-electron chi connectivity index (χ2n) is 5.07. The van der Waals surface area contributed by atoms with Gasteiger partial charge in [-0.2, -0.15) is 5.10 Å². The number of halogens is 1. The summed E-state index contributed by atoms with van der Waals surface area (Å²) < 4.78 is 1.66. The number of nitrogens with zero attached hydrogens (tertiary/aromatic N) is 3. The van der Waals surface area contributed by atoms with Crippen molar-refractivity contribution in [2.45, 2.75) is 12.8 Å². The minimum atomic E-state index is -0.0292. The Kier molecular flexibility index (Phi) is 4.68. The van der Waals surface area contributed by atoms with E-state index in [2.05, 4.69) is 15.4 Å². The highest BCUT2D eigenvalue weighted by Crippen LogP contribution is 2.14. The molecule has 0 aliphatic heterocycles. The number of rotatable bonds is 5. The van der Waals surface area contributed by atoms with Gasteiger partial charge < -0.3 is 5.32 Å². The van der Waals surface area contributed by atoms with Crippen LogP contribution in [0.2, 0.25) is 5.02 Å². The van der Waals surface area contributed by atoms with E-state index < -0.39 is 0 Å². The van der Waals surface area contributed by atoms with Crippen molar-refractivity contribution < 1.29 is 4.79 Å². The first-order valence-electron chi connectivity index (χ1n) is 7.20. The van der Waals surface area contributed by atoms with E-state index in [1.54, 1.807) is 11.0 Å². The first-order chi connectivity index (χ1) is 11.2. The van der Waals surface area contributed by atoms with Gasteiger partial charge in [0.1, 0.15) is 12.7 Å². The summed E-state index contributed by atoms with van der Waals surface area (Å²) in [5.74, 6) is -0.0292. The Labute approximate surface area is 138 Å². The number of aromatic nitrogens is 3. The van der Waals surface area contributed by atoms with Gasteiger partial charge in [0.05, 0.1) is 5.69 Å². The van der Waals surface area contributed by atoms with E-state index in [1.807, 2.05) is 48.5 Å². The molecule has 23 heavy (non-hydrogen) atoms. The summed E-state index contributed by atoms with van der Waals surface area (Å²) in [5.41, 5.74) is 2.69. The van der Waals surface area contributed by atoms with Crippen LogP contribution in [-0.2, 0) is 11.2 Å². The SMILES string of the molecule is O=C(CCc1cccc(Cl)c1)Nc1ccc(-n2cncn2)cc1. The molecule has 0 aliphatic rings.